The van der Waals surface area contributed by atoms with E-state index in [1.54, 1.807) is 12.1 Å². The van der Waals surface area contributed by atoms with Crippen molar-refractivity contribution in [3.63, 3.8) is 0 Å². The van der Waals surface area contributed by atoms with Gasteiger partial charge in [-0.25, -0.2) is 8.42 Å². The fourth-order valence-corrected chi connectivity index (χ4v) is 4.92. The molecule has 21 heavy (non-hydrogen) atoms. The van der Waals surface area contributed by atoms with Crippen LogP contribution in [-0.4, -0.2) is 20.2 Å². The molecule has 0 spiro atoms. The predicted molar refractivity (Wildman–Crippen MR) is 84.1 cm³/mol. The van der Waals surface area contributed by atoms with E-state index in [1.165, 1.54) is 5.56 Å². The molecule has 0 saturated heterocycles. The van der Waals surface area contributed by atoms with Crippen molar-refractivity contribution < 1.29 is 8.42 Å². The van der Waals surface area contributed by atoms with E-state index < -0.39 is 9.84 Å². The van der Waals surface area contributed by atoms with E-state index in [4.69, 9.17) is 5.73 Å². The first-order chi connectivity index (χ1) is 9.97. The van der Waals surface area contributed by atoms with Gasteiger partial charge in [-0.3, -0.25) is 0 Å². The van der Waals surface area contributed by atoms with E-state index in [9.17, 15) is 8.42 Å². The van der Waals surface area contributed by atoms with Crippen LogP contribution in [0.2, 0.25) is 0 Å². The fourth-order valence-electron chi connectivity index (χ4n) is 2.98. The molecule has 0 amide bonds. The number of rotatable bonds is 3. The standard InChI is InChI=1S/C17H19NO2S/c1-12-6-8-13(9-7-12)10-16(18)15-11-21(19,20)17-5-3-2-4-14(15)17/h2-9,15-16H,10-11,18H2,1H3. The number of nitrogens with two attached hydrogens (primary N) is 1. The average molecular weight is 301 g/mol. The lowest BCUT2D eigenvalue weighted by Crippen LogP contribution is -2.31. The topological polar surface area (TPSA) is 60.2 Å². The minimum Gasteiger partial charge on any atom is -0.327 e. The molecule has 3 rings (SSSR count). The summed E-state index contributed by atoms with van der Waals surface area (Å²) in [5, 5.41) is 0. The van der Waals surface area contributed by atoms with Gasteiger partial charge in [-0.1, -0.05) is 48.0 Å². The van der Waals surface area contributed by atoms with Crippen LogP contribution in [0.25, 0.3) is 0 Å². The summed E-state index contributed by atoms with van der Waals surface area (Å²) in [5.74, 6) is 0.00633. The van der Waals surface area contributed by atoms with Crippen molar-refractivity contribution in [3.8, 4) is 0 Å². The maximum Gasteiger partial charge on any atom is 0.179 e. The maximum atomic E-state index is 12.2. The third-order valence-corrected chi connectivity index (χ3v) is 6.00. The third kappa shape index (κ3) is 2.74. The summed E-state index contributed by atoms with van der Waals surface area (Å²) in [6, 6.07) is 15.3. The number of aryl methyl sites for hydroxylation is 1. The lowest BCUT2D eigenvalue weighted by Gasteiger charge is -2.19. The molecular formula is C17H19NO2S. The molecule has 2 atom stereocenters. The summed E-state index contributed by atoms with van der Waals surface area (Å²) in [4.78, 5) is 0.453. The highest BCUT2D eigenvalue weighted by Crippen LogP contribution is 2.36. The van der Waals surface area contributed by atoms with Crippen molar-refractivity contribution >= 4 is 9.84 Å². The van der Waals surface area contributed by atoms with E-state index in [1.807, 2.05) is 19.1 Å². The SMILES string of the molecule is Cc1ccc(CC(N)C2CS(=O)(=O)c3ccccc32)cc1. The van der Waals surface area contributed by atoms with Gasteiger partial charge in [0.1, 0.15) is 0 Å². The van der Waals surface area contributed by atoms with Gasteiger partial charge >= 0.3 is 0 Å². The number of benzene rings is 2. The molecule has 2 N–H and O–H groups in total. The minimum atomic E-state index is -3.18. The van der Waals surface area contributed by atoms with E-state index in [0.717, 1.165) is 11.1 Å². The Morgan fingerprint density at radius 2 is 1.81 bits per heavy atom. The van der Waals surface area contributed by atoms with Crippen molar-refractivity contribution in [3.05, 3.63) is 65.2 Å². The van der Waals surface area contributed by atoms with E-state index >= 15 is 0 Å². The van der Waals surface area contributed by atoms with Crippen molar-refractivity contribution in [1.29, 1.82) is 0 Å². The molecular weight excluding hydrogens is 282 g/mol. The van der Waals surface area contributed by atoms with Crippen LogP contribution in [-0.2, 0) is 16.3 Å². The quantitative estimate of drug-likeness (QED) is 0.947. The van der Waals surface area contributed by atoms with Gasteiger partial charge in [0.2, 0.25) is 0 Å². The predicted octanol–water partition coefficient (Wildman–Crippen LogP) is 2.44. The van der Waals surface area contributed by atoms with Crippen molar-refractivity contribution in [2.24, 2.45) is 5.73 Å². The summed E-state index contributed by atoms with van der Waals surface area (Å²) in [6.45, 7) is 2.05. The number of fused-ring (bicyclic) bond motifs is 1. The van der Waals surface area contributed by atoms with Crippen LogP contribution in [0.3, 0.4) is 0 Å². The highest BCUT2D eigenvalue weighted by Gasteiger charge is 2.37. The zero-order valence-corrected chi connectivity index (χ0v) is 12.8. The van der Waals surface area contributed by atoms with E-state index in [-0.39, 0.29) is 17.7 Å². The average Bonchev–Trinajstić information content (AvgIpc) is 2.74. The van der Waals surface area contributed by atoms with Gasteiger partial charge in [-0.05, 0) is 30.5 Å². The molecule has 1 aliphatic rings. The van der Waals surface area contributed by atoms with Gasteiger partial charge in [-0.15, -0.1) is 0 Å². The van der Waals surface area contributed by atoms with Gasteiger partial charge in [0, 0.05) is 12.0 Å². The first-order valence-corrected chi connectivity index (χ1v) is 8.75. The first kappa shape index (κ1) is 14.3. The fraction of sp³-hybridized carbons (Fsp3) is 0.294. The Morgan fingerprint density at radius 3 is 2.52 bits per heavy atom. The lowest BCUT2D eigenvalue weighted by molar-refractivity contribution is 0.559. The first-order valence-electron chi connectivity index (χ1n) is 7.10. The minimum absolute atomic E-state index is 0.118. The van der Waals surface area contributed by atoms with Crippen LogP contribution < -0.4 is 5.73 Å². The molecule has 1 heterocycles. The smallest absolute Gasteiger partial charge is 0.179 e. The second-order valence-electron chi connectivity index (χ2n) is 5.78. The molecule has 0 saturated carbocycles. The Hall–Kier alpha value is -1.65. The van der Waals surface area contributed by atoms with Gasteiger partial charge in [0.15, 0.2) is 9.84 Å². The highest BCUT2D eigenvalue weighted by molar-refractivity contribution is 7.91. The van der Waals surface area contributed by atoms with Crippen LogP contribution in [0.15, 0.2) is 53.4 Å². The molecule has 4 heteroatoms. The summed E-state index contributed by atoms with van der Waals surface area (Å²) >= 11 is 0. The molecule has 0 radical (unpaired) electrons. The van der Waals surface area contributed by atoms with Crippen LogP contribution in [0.4, 0.5) is 0 Å². The molecule has 0 bridgehead atoms. The summed E-state index contributed by atoms with van der Waals surface area (Å²) in [5.41, 5.74) is 9.55. The van der Waals surface area contributed by atoms with Crippen molar-refractivity contribution in [2.75, 3.05) is 5.75 Å². The number of sulfone groups is 1. The van der Waals surface area contributed by atoms with E-state index in [2.05, 4.69) is 24.3 Å². The zero-order chi connectivity index (χ0) is 15.0. The Morgan fingerprint density at radius 1 is 1.14 bits per heavy atom. The zero-order valence-electron chi connectivity index (χ0n) is 12.0. The molecule has 2 unspecified atom stereocenters. The molecule has 3 nitrogen and oxygen atoms in total. The van der Waals surface area contributed by atoms with E-state index in [0.29, 0.717) is 11.3 Å². The van der Waals surface area contributed by atoms with Crippen LogP contribution in [0.1, 0.15) is 22.6 Å². The van der Waals surface area contributed by atoms with Gasteiger partial charge in [-0.2, -0.15) is 0 Å². The van der Waals surface area contributed by atoms with Gasteiger partial charge < -0.3 is 5.73 Å². The molecule has 0 fully saturated rings. The van der Waals surface area contributed by atoms with Crippen molar-refractivity contribution in [1.82, 2.24) is 0 Å². The number of hydrogen-bond acceptors (Lipinski definition) is 3. The summed E-state index contributed by atoms with van der Waals surface area (Å²) < 4.78 is 24.4. The normalized spacial score (nSPS) is 21.0. The van der Waals surface area contributed by atoms with Crippen LogP contribution in [0, 0.1) is 6.92 Å². The Balaban J connectivity index is 1.86. The van der Waals surface area contributed by atoms with Crippen LogP contribution in [0.5, 0.6) is 0 Å². The molecule has 110 valence electrons. The Bertz CT molecular complexity index is 751. The second kappa shape index (κ2) is 5.28. The Labute approximate surface area is 125 Å². The monoisotopic (exact) mass is 301 g/mol. The molecule has 2 aromatic rings. The summed E-state index contributed by atoms with van der Waals surface area (Å²) in [7, 11) is -3.18. The Kier molecular flexibility index (Phi) is 3.59. The van der Waals surface area contributed by atoms with Gasteiger partial charge in [0.25, 0.3) is 0 Å². The number of hydrogen-bond donors (Lipinski definition) is 1. The van der Waals surface area contributed by atoms with Gasteiger partial charge in [0.05, 0.1) is 10.6 Å². The largest absolute Gasteiger partial charge is 0.327 e. The summed E-state index contributed by atoms with van der Waals surface area (Å²) in [6.07, 6.45) is 0.689. The highest BCUT2D eigenvalue weighted by atomic mass is 32.2. The second-order valence-corrected chi connectivity index (χ2v) is 7.78. The molecule has 1 aliphatic heterocycles. The molecule has 2 aromatic carbocycles. The van der Waals surface area contributed by atoms with Crippen LogP contribution >= 0.6 is 0 Å². The maximum absolute atomic E-state index is 12.2. The van der Waals surface area contributed by atoms with Crippen molar-refractivity contribution in [2.45, 2.75) is 30.2 Å². The lowest BCUT2D eigenvalue weighted by atomic mass is 9.89. The molecule has 0 aliphatic carbocycles. The molecule has 0 aromatic heterocycles. The third-order valence-electron chi connectivity index (χ3n) is 4.16.